The lowest BCUT2D eigenvalue weighted by molar-refractivity contribution is -0.273. The average Bonchev–Trinajstić information content (AvgIpc) is 2.44. The first-order valence-electron chi connectivity index (χ1n) is 7.25. The van der Waals surface area contributed by atoms with Crippen molar-refractivity contribution in [3.63, 3.8) is 0 Å². The van der Waals surface area contributed by atoms with Crippen LogP contribution in [0.4, 0.5) is 0 Å². The molecular formula is C14H20ClNO9. The van der Waals surface area contributed by atoms with Gasteiger partial charge in [-0.2, -0.15) is 0 Å². The van der Waals surface area contributed by atoms with Crippen LogP contribution in [0.3, 0.4) is 0 Å². The minimum Gasteiger partial charge on any atom is -0.463 e. The number of carbonyl (C=O) groups is 4. The summed E-state index contributed by atoms with van der Waals surface area (Å²) < 4.78 is 20.3. The molecule has 5 atom stereocenters. The third kappa shape index (κ3) is 5.55. The van der Waals surface area contributed by atoms with Gasteiger partial charge >= 0.3 is 17.9 Å². The van der Waals surface area contributed by atoms with Crippen LogP contribution >= 0.6 is 11.6 Å². The van der Waals surface area contributed by atoms with Gasteiger partial charge in [0, 0.05) is 27.7 Å². The zero-order valence-corrected chi connectivity index (χ0v) is 14.9. The van der Waals surface area contributed by atoms with Crippen molar-refractivity contribution in [1.29, 1.82) is 0 Å². The Morgan fingerprint density at radius 1 is 1.08 bits per heavy atom. The van der Waals surface area contributed by atoms with E-state index in [1.807, 2.05) is 0 Å². The molecule has 10 nitrogen and oxygen atoms in total. The van der Waals surface area contributed by atoms with Gasteiger partial charge in [-0.3, -0.25) is 19.2 Å². The molecule has 0 aliphatic carbocycles. The molecule has 0 aromatic heterocycles. The normalized spacial score (nSPS) is 31.6. The second-order valence-corrected chi connectivity index (χ2v) is 5.80. The molecule has 1 fully saturated rings. The summed E-state index contributed by atoms with van der Waals surface area (Å²) in [4.78, 5) is 45.3. The molecule has 0 spiro atoms. The van der Waals surface area contributed by atoms with E-state index in [1.165, 1.54) is 0 Å². The maximum atomic E-state index is 11.4. The number of nitrogens with one attached hydrogen (secondary N) is 1. The van der Waals surface area contributed by atoms with Crippen molar-refractivity contribution in [1.82, 2.24) is 5.32 Å². The van der Waals surface area contributed by atoms with Gasteiger partial charge in [0.15, 0.2) is 17.8 Å². The van der Waals surface area contributed by atoms with Gasteiger partial charge in [-0.25, -0.2) is 0 Å². The number of halogens is 1. The highest BCUT2D eigenvalue weighted by Crippen LogP contribution is 2.34. The van der Waals surface area contributed by atoms with E-state index < -0.39 is 53.4 Å². The van der Waals surface area contributed by atoms with E-state index in [9.17, 15) is 24.3 Å². The third-order valence-electron chi connectivity index (χ3n) is 3.16. The number of aliphatic hydroxyl groups is 1. The SMILES string of the molecule is CC(=O)N[C@]1(O)C(Cl)O[C@H](COC(C)=O)[C@@H](OC(C)=O)[C@@H]1OC(C)=O. The molecule has 1 aliphatic heterocycles. The zero-order valence-electron chi connectivity index (χ0n) is 14.1. The summed E-state index contributed by atoms with van der Waals surface area (Å²) in [5.41, 5.74) is -3.97. The van der Waals surface area contributed by atoms with E-state index in [-0.39, 0.29) is 6.61 Å². The van der Waals surface area contributed by atoms with Crippen molar-refractivity contribution in [3.05, 3.63) is 0 Å². The molecular weight excluding hydrogens is 362 g/mol. The maximum absolute atomic E-state index is 11.4. The summed E-state index contributed by atoms with van der Waals surface area (Å²) in [6.45, 7) is 4.00. The van der Waals surface area contributed by atoms with Crippen molar-refractivity contribution < 1.29 is 43.2 Å². The van der Waals surface area contributed by atoms with Gasteiger partial charge in [-0.1, -0.05) is 11.6 Å². The zero-order chi connectivity index (χ0) is 19.4. The molecule has 2 N–H and O–H groups in total. The molecule has 1 rings (SSSR count). The molecule has 1 aliphatic rings. The number of esters is 3. The van der Waals surface area contributed by atoms with Crippen LogP contribution in [-0.4, -0.2) is 65.1 Å². The lowest BCUT2D eigenvalue weighted by Gasteiger charge is -2.48. The quantitative estimate of drug-likeness (QED) is 0.271. The summed E-state index contributed by atoms with van der Waals surface area (Å²) >= 11 is 6.00. The fourth-order valence-electron chi connectivity index (χ4n) is 2.32. The first-order chi connectivity index (χ1) is 11.5. The molecule has 1 amide bonds. The number of hydrogen-bond donors (Lipinski definition) is 2. The number of ether oxygens (including phenoxy) is 4. The molecule has 0 saturated carbocycles. The fraction of sp³-hybridized carbons (Fsp3) is 0.714. The standard InChI is InChI=1S/C14H20ClNO9/c1-6(17)16-14(21)12(24-9(4)20)11(23-8(3)19)10(25-13(14)15)5-22-7(2)18/h10-13,21H,5H2,1-4H3,(H,16,17)/t10-,11-,12+,13?,14-/m1/s1. The maximum Gasteiger partial charge on any atom is 0.303 e. The lowest BCUT2D eigenvalue weighted by atomic mass is 9.93. The van der Waals surface area contributed by atoms with Crippen LogP contribution in [0.2, 0.25) is 0 Å². The van der Waals surface area contributed by atoms with Gasteiger partial charge in [0.1, 0.15) is 12.7 Å². The van der Waals surface area contributed by atoms with E-state index in [0.717, 1.165) is 27.7 Å². The number of alkyl halides is 1. The molecule has 0 aromatic carbocycles. The molecule has 11 heteroatoms. The van der Waals surface area contributed by atoms with Crippen LogP contribution in [0.25, 0.3) is 0 Å². The van der Waals surface area contributed by atoms with Crippen LogP contribution in [0.15, 0.2) is 0 Å². The average molecular weight is 382 g/mol. The highest BCUT2D eigenvalue weighted by atomic mass is 35.5. The molecule has 1 saturated heterocycles. The van der Waals surface area contributed by atoms with E-state index in [2.05, 4.69) is 5.32 Å². The molecule has 0 radical (unpaired) electrons. The first-order valence-corrected chi connectivity index (χ1v) is 7.69. The third-order valence-corrected chi connectivity index (χ3v) is 3.60. The lowest BCUT2D eigenvalue weighted by Crippen LogP contribution is -2.73. The van der Waals surface area contributed by atoms with E-state index in [4.69, 9.17) is 30.5 Å². The number of rotatable bonds is 5. The van der Waals surface area contributed by atoms with Gasteiger partial charge in [0.05, 0.1) is 0 Å². The van der Waals surface area contributed by atoms with Gasteiger partial charge in [-0.05, 0) is 0 Å². The minimum absolute atomic E-state index is 0.385. The van der Waals surface area contributed by atoms with Crippen molar-refractivity contribution >= 4 is 35.4 Å². The fourth-order valence-corrected chi connectivity index (χ4v) is 2.63. The Morgan fingerprint density at radius 3 is 2.08 bits per heavy atom. The molecule has 0 aromatic rings. The summed E-state index contributed by atoms with van der Waals surface area (Å²) in [5, 5.41) is 12.9. The largest absolute Gasteiger partial charge is 0.463 e. The predicted octanol–water partition coefficient (Wildman–Crippen LogP) is -0.799. The van der Waals surface area contributed by atoms with Crippen LogP contribution in [0, 0.1) is 0 Å². The molecule has 0 bridgehead atoms. The predicted molar refractivity (Wildman–Crippen MR) is 81.0 cm³/mol. The van der Waals surface area contributed by atoms with Gasteiger partial charge < -0.3 is 29.4 Å². The second kappa shape index (κ2) is 8.45. The Bertz CT molecular complexity index is 554. The van der Waals surface area contributed by atoms with Crippen molar-refractivity contribution in [2.45, 2.75) is 57.3 Å². The summed E-state index contributed by atoms with van der Waals surface area (Å²) in [7, 11) is 0. The highest BCUT2D eigenvalue weighted by molar-refractivity contribution is 6.20. The molecule has 1 heterocycles. The molecule has 25 heavy (non-hydrogen) atoms. The van der Waals surface area contributed by atoms with Crippen LogP contribution in [-0.2, 0) is 38.1 Å². The first kappa shape index (κ1) is 21.1. The summed E-state index contributed by atoms with van der Waals surface area (Å²) in [6, 6.07) is 0. The highest BCUT2D eigenvalue weighted by Gasteiger charge is 2.59. The topological polar surface area (TPSA) is 137 Å². The van der Waals surface area contributed by atoms with Crippen LogP contribution in [0.5, 0.6) is 0 Å². The molecule has 1 unspecified atom stereocenters. The second-order valence-electron chi connectivity index (χ2n) is 5.40. The van der Waals surface area contributed by atoms with Crippen molar-refractivity contribution in [3.8, 4) is 0 Å². The summed E-state index contributed by atoms with van der Waals surface area (Å²) in [5.74, 6) is -2.95. The van der Waals surface area contributed by atoms with Gasteiger partial charge in [-0.15, -0.1) is 0 Å². The van der Waals surface area contributed by atoms with E-state index in [0.29, 0.717) is 0 Å². The van der Waals surface area contributed by atoms with Crippen molar-refractivity contribution in [2.75, 3.05) is 6.61 Å². The van der Waals surface area contributed by atoms with Crippen molar-refractivity contribution in [2.24, 2.45) is 0 Å². The van der Waals surface area contributed by atoms with Crippen LogP contribution in [0.1, 0.15) is 27.7 Å². The van der Waals surface area contributed by atoms with E-state index >= 15 is 0 Å². The van der Waals surface area contributed by atoms with Gasteiger partial charge in [0.25, 0.3) is 0 Å². The Labute approximate surface area is 148 Å². The van der Waals surface area contributed by atoms with E-state index in [1.54, 1.807) is 0 Å². The Balaban J connectivity index is 3.26. The molecule has 142 valence electrons. The smallest absolute Gasteiger partial charge is 0.303 e. The monoisotopic (exact) mass is 381 g/mol. The number of hydrogen-bond acceptors (Lipinski definition) is 9. The van der Waals surface area contributed by atoms with Gasteiger partial charge in [0.2, 0.25) is 11.6 Å². The Kier molecular flexibility index (Phi) is 7.15. The Hall–Kier alpha value is -1.91. The Morgan fingerprint density at radius 2 is 1.64 bits per heavy atom. The number of amides is 1. The number of carbonyl (C=O) groups excluding carboxylic acids is 4. The summed E-state index contributed by atoms with van der Waals surface area (Å²) in [6.07, 6.45) is -4.14. The van der Waals surface area contributed by atoms with Crippen LogP contribution < -0.4 is 5.32 Å². The minimum atomic E-state index is -2.38.